The number of hydrogen-bond donors (Lipinski definition) is 0. The zero-order valence-electron chi connectivity index (χ0n) is 15.4. The van der Waals surface area contributed by atoms with Crippen molar-refractivity contribution >= 4 is 11.6 Å². The van der Waals surface area contributed by atoms with Crippen molar-refractivity contribution in [1.29, 1.82) is 0 Å². The molecular formula is C18H19F3N6O. The summed E-state index contributed by atoms with van der Waals surface area (Å²) in [6.07, 6.45) is 0.336. The third-order valence-corrected chi connectivity index (χ3v) is 4.96. The Hall–Kier alpha value is -2.91. The Morgan fingerprint density at radius 2 is 2.11 bits per heavy atom. The van der Waals surface area contributed by atoms with E-state index in [2.05, 4.69) is 15.2 Å². The van der Waals surface area contributed by atoms with Crippen LogP contribution >= 0.6 is 0 Å². The van der Waals surface area contributed by atoms with E-state index >= 15 is 0 Å². The first-order valence-electron chi connectivity index (χ1n) is 9.04. The van der Waals surface area contributed by atoms with Gasteiger partial charge in [0.15, 0.2) is 5.65 Å². The summed E-state index contributed by atoms with van der Waals surface area (Å²) in [6.45, 7) is 2.27. The molecule has 4 rings (SSSR count). The van der Waals surface area contributed by atoms with Crippen LogP contribution in [0.2, 0.25) is 0 Å². The number of nitrogens with zero attached hydrogens (tertiary/aromatic N) is 6. The topological polar surface area (TPSA) is 68.3 Å². The second kappa shape index (κ2) is 6.61. The fourth-order valence-electron chi connectivity index (χ4n) is 3.60. The molecule has 1 aliphatic heterocycles. The summed E-state index contributed by atoms with van der Waals surface area (Å²) in [5.74, 6) is -0.203. The molecule has 1 amide bonds. The van der Waals surface area contributed by atoms with Crippen LogP contribution in [0.4, 0.5) is 13.2 Å². The third-order valence-electron chi connectivity index (χ3n) is 4.96. The van der Waals surface area contributed by atoms with Gasteiger partial charge in [0, 0.05) is 31.5 Å². The highest BCUT2D eigenvalue weighted by atomic mass is 19.4. The Kier molecular flexibility index (Phi) is 4.35. The zero-order chi connectivity index (χ0) is 20.1. The van der Waals surface area contributed by atoms with Crippen molar-refractivity contribution in [2.24, 2.45) is 7.05 Å². The number of likely N-dealkylation sites (tertiary alicyclic amines) is 1. The highest BCUT2D eigenvalue weighted by molar-refractivity contribution is 5.94. The summed E-state index contributed by atoms with van der Waals surface area (Å²) in [5, 5.41) is 8.20. The van der Waals surface area contributed by atoms with E-state index in [4.69, 9.17) is 0 Å². The van der Waals surface area contributed by atoms with Gasteiger partial charge in [0.25, 0.3) is 5.91 Å². The molecule has 0 unspecified atom stereocenters. The van der Waals surface area contributed by atoms with Crippen molar-refractivity contribution in [3.05, 3.63) is 47.2 Å². The van der Waals surface area contributed by atoms with E-state index in [9.17, 15) is 18.0 Å². The molecule has 1 saturated heterocycles. The van der Waals surface area contributed by atoms with Gasteiger partial charge in [0.2, 0.25) is 0 Å². The van der Waals surface area contributed by atoms with Crippen LogP contribution in [-0.4, -0.2) is 41.7 Å². The smallest absolute Gasteiger partial charge is 0.330 e. The Bertz CT molecular complexity index is 1040. The molecule has 0 radical (unpaired) electrons. The maximum absolute atomic E-state index is 13.5. The largest absolute Gasteiger partial charge is 0.433 e. The molecule has 1 fully saturated rings. The molecule has 4 heterocycles. The number of fused-ring (bicyclic) bond motifs is 1. The van der Waals surface area contributed by atoms with Gasteiger partial charge in [-0.1, -0.05) is 6.92 Å². The molecule has 3 aromatic heterocycles. The van der Waals surface area contributed by atoms with Crippen molar-refractivity contribution in [2.75, 3.05) is 6.54 Å². The number of halogens is 3. The van der Waals surface area contributed by atoms with Gasteiger partial charge in [-0.2, -0.15) is 23.4 Å². The summed E-state index contributed by atoms with van der Waals surface area (Å²) in [5.41, 5.74) is 0.494. The van der Waals surface area contributed by atoms with Crippen LogP contribution in [0.15, 0.2) is 24.5 Å². The van der Waals surface area contributed by atoms with E-state index in [1.54, 1.807) is 31.1 Å². The average Bonchev–Trinajstić information content (AvgIpc) is 3.37. The maximum Gasteiger partial charge on any atom is 0.433 e. The fourth-order valence-corrected chi connectivity index (χ4v) is 3.60. The Morgan fingerprint density at radius 1 is 1.32 bits per heavy atom. The summed E-state index contributed by atoms with van der Waals surface area (Å²) in [6, 6.07) is 2.19. The molecule has 28 heavy (non-hydrogen) atoms. The van der Waals surface area contributed by atoms with Crippen LogP contribution in [-0.2, 0) is 19.6 Å². The van der Waals surface area contributed by atoms with Crippen LogP contribution in [0.1, 0.15) is 53.2 Å². The molecule has 7 nitrogen and oxygen atoms in total. The van der Waals surface area contributed by atoms with Crippen molar-refractivity contribution in [3.8, 4) is 0 Å². The highest BCUT2D eigenvalue weighted by Gasteiger charge is 2.37. The molecule has 1 aliphatic rings. The van der Waals surface area contributed by atoms with Crippen LogP contribution < -0.4 is 0 Å². The van der Waals surface area contributed by atoms with Gasteiger partial charge in [-0.05, 0) is 25.3 Å². The quantitative estimate of drug-likeness (QED) is 0.687. The molecule has 0 aromatic carbocycles. The van der Waals surface area contributed by atoms with Gasteiger partial charge in [-0.15, -0.1) is 0 Å². The predicted octanol–water partition coefficient (Wildman–Crippen LogP) is 3.02. The lowest BCUT2D eigenvalue weighted by atomic mass is 10.1. The highest BCUT2D eigenvalue weighted by Crippen LogP contribution is 2.35. The monoisotopic (exact) mass is 392 g/mol. The number of rotatable bonds is 3. The fraction of sp³-hybridized carbons (Fsp3) is 0.444. The molecule has 3 aromatic rings. The van der Waals surface area contributed by atoms with Crippen molar-refractivity contribution in [2.45, 2.75) is 38.4 Å². The lowest BCUT2D eigenvalue weighted by Gasteiger charge is -2.22. The summed E-state index contributed by atoms with van der Waals surface area (Å²) in [7, 11) is 1.72. The van der Waals surface area contributed by atoms with Crippen molar-refractivity contribution in [1.82, 2.24) is 29.3 Å². The second-order valence-corrected chi connectivity index (χ2v) is 6.88. The van der Waals surface area contributed by atoms with Crippen LogP contribution in [0.3, 0.4) is 0 Å². The van der Waals surface area contributed by atoms with E-state index in [1.807, 2.05) is 0 Å². The molecule has 1 atom stereocenters. The first-order valence-corrected chi connectivity index (χ1v) is 9.04. The maximum atomic E-state index is 13.5. The molecule has 148 valence electrons. The lowest BCUT2D eigenvalue weighted by Crippen LogP contribution is -2.30. The average molecular weight is 392 g/mol. The predicted molar refractivity (Wildman–Crippen MR) is 93.6 cm³/mol. The summed E-state index contributed by atoms with van der Waals surface area (Å²) < 4.78 is 42.8. The normalized spacial score (nSPS) is 17.6. The molecule has 0 saturated carbocycles. The number of carbonyl (C=O) groups is 1. The number of amides is 1. The minimum atomic E-state index is -4.55. The summed E-state index contributed by atoms with van der Waals surface area (Å²) >= 11 is 0. The molecular weight excluding hydrogens is 373 g/mol. The Balaban J connectivity index is 1.75. The first-order chi connectivity index (χ1) is 13.3. The van der Waals surface area contributed by atoms with Crippen molar-refractivity contribution in [3.63, 3.8) is 0 Å². The minimum Gasteiger partial charge on any atom is -0.330 e. The van der Waals surface area contributed by atoms with E-state index < -0.39 is 11.9 Å². The number of aryl methyl sites for hydroxylation is 2. The third kappa shape index (κ3) is 3.12. The van der Waals surface area contributed by atoms with E-state index in [0.29, 0.717) is 36.3 Å². The van der Waals surface area contributed by atoms with Crippen molar-refractivity contribution < 1.29 is 18.0 Å². The molecule has 0 aliphatic carbocycles. The molecule has 0 N–H and O–H groups in total. The number of hydrogen-bond acceptors (Lipinski definition) is 4. The zero-order valence-corrected chi connectivity index (χ0v) is 15.4. The number of carbonyl (C=O) groups excluding carboxylic acids is 1. The number of alkyl halides is 3. The minimum absolute atomic E-state index is 0.141. The van der Waals surface area contributed by atoms with Gasteiger partial charge < -0.3 is 4.90 Å². The van der Waals surface area contributed by atoms with E-state index in [0.717, 1.165) is 17.0 Å². The lowest BCUT2D eigenvalue weighted by molar-refractivity contribution is -0.142. The SMILES string of the molecule is CCc1cc(C(F)(F)F)n2nc([C@H]3CCCN3C(=O)c3cnn(C)c3)cc2n1. The van der Waals surface area contributed by atoms with Gasteiger partial charge in [-0.3, -0.25) is 9.48 Å². The van der Waals surface area contributed by atoms with E-state index in [-0.39, 0.29) is 17.6 Å². The van der Waals surface area contributed by atoms with Crippen LogP contribution in [0.25, 0.3) is 5.65 Å². The standard InChI is InChI=1S/C18H19F3N6O/c1-3-12-7-15(18(19,20)21)27-16(23-12)8-13(24-27)14-5-4-6-26(14)17(28)11-9-22-25(2)10-11/h7-10,14H,3-6H2,1-2H3/t14-/m1/s1. The summed E-state index contributed by atoms with van der Waals surface area (Å²) in [4.78, 5) is 18.7. The molecule has 10 heteroatoms. The Morgan fingerprint density at radius 3 is 2.75 bits per heavy atom. The second-order valence-electron chi connectivity index (χ2n) is 6.88. The van der Waals surface area contributed by atoms with Gasteiger partial charge in [-0.25, -0.2) is 9.50 Å². The van der Waals surface area contributed by atoms with Gasteiger partial charge in [0.05, 0.1) is 23.5 Å². The van der Waals surface area contributed by atoms with Gasteiger partial charge >= 0.3 is 6.18 Å². The van der Waals surface area contributed by atoms with Crippen LogP contribution in [0.5, 0.6) is 0 Å². The van der Waals surface area contributed by atoms with E-state index in [1.165, 1.54) is 10.9 Å². The van der Waals surface area contributed by atoms with Crippen LogP contribution in [0, 0.1) is 0 Å². The molecule has 0 bridgehead atoms. The first kappa shape index (κ1) is 18.5. The molecule has 0 spiro atoms. The number of aromatic nitrogens is 5. The Labute approximate surface area is 158 Å². The van der Waals surface area contributed by atoms with Gasteiger partial charge in [0.1, 0.15) is 5.69 Å².